The predicted molar refractivity (Wildman–Crippen MR) is 93.3 cm³/mol. The molecular formula is C17H19Br2N. The minimum absolute atomic E-state index is 0.304. The van der Waals surface area contributed by atoms with Crippen LogP contribution in [0.3, 0.4) is 0 Å². The van der Waals surface area contributed by atoms with Crippen LogP contribution in [0.4, 0.5) is 0 Å². The van der Waals surface area contributed by atoms with Gasteiger partial charge < -0.3 is 5.32 Å². The Labute approximate surface area is 138 Å². The van der Waals surface area contributed by atoms with Crippen LogP contribution in [-0.4, -0.2) is 7.05 Å². The van der Waals surface area contributed by atoms with Crippen LogP contribution in [0.2, 0.25) is 0 Å². The van der Waals surface area contributed by atoms with Gasteiger partial charge in [-0.05, 0) is 50.6 Å². The van der Waals surface area contributed by atoms with E-state index in [1.807, 2.05) is 7.05 Å². The van der Waals surface area contributed by atoms with Gasteiger partial charge in [0.25, 0.3) is 0 Å². The lowest BCUT2D eigenvalue weighted by molar-refractivity contribution is 0.589. The Morgan fingerprint density at radius 3 is 2.20 bits per heavy atom. The van der Waals surface area contributed by atoms with Crippen molar-refractivity contribution in [3.63, 3.8) is 0 Å². The number of hydrogen-bond donors (Lipinski definition) is 1. The molecule has 0 aromatic heterocycles. The van der Waals surface area contributed by atoms with Crippen molar-refractivity contribution in [3.05, 3.63) is 67.6 Å². The second-order valence-electron chi connectivity index (χ2n) is 5.21. The molecule has 0 fully saturated rings. The quantitative estimate of drug-likeness (QED) is 0.736. The number of halogens is 2. The lowest BCUT2D eigenvalue weighted by atomic mass is 9.97. The van der Waals surface area contributed by atoms with Gasteiger partial charge in [-0.1, -0.05) is 67.3 Å². The Morgan fingerprint density at radius 1 is 1.00 bits per heavy atom. The Kier molecular flexibility index (Phi) is 5.42. The third-order valence-corrected chi connectivity index (χ3v) is 4.59. The summed E-state index contributed by atoms with van der Waals surface area (Å²) in [5, 5.41) is 3.42. The Balaban J connectivity index is 2.28. The van der Waals surface area contributed by atoms with E-state index >= 15 is 0 Å². The lowest BCUT2D eigenvalue weighted by Gasteiger charge is -2.19. The van der Waals surface area contributed by atoms with E-state index in [1.165, 1.54) is 22.3 Å². The van der Waals surface area contributed by atoms with Crippen LogP contribution in [0.25, 0.3) is 0 Å². The second kappa shape index (κ2) is 6.88. The van der Waals surface area contributed by atoms with Gasteiger partial charge in [0.1, 0.15) is 0 Å². The minimum atomic E-state index is 0.304. The zero-order chi connectivity index (χ0) is 14.7. The molecule has 1 unspecified atom stereocenters. The molecule has 0 spiro atoms. The molecule has 2 aromatic rings. The van der Waals surface area contributed by atoms with Crippen LogP contribution >= 0.6 is 31.9 Å². The van der Waals surface area contributed by atoms with Gasteiger partial charge >= 0.3 is 0 Å². The first-order chi connectivity index (χ1) is 9.49. The average Bonchev–Trinajstić information content (AvgIpc) is 2.35. The van der Waals surface area contributed by atoms with Crippen molar-refractivity contribution in [3.8, 4) is 0 Å². The zero-order valence-electron chi connectivity index (χ0n) is 12.0. The Hall–Kier alpha value is -0.640. The summed E-state index contributed by atoms with van der Waals surface area (Å²) in [5.74, 6) is 0. The number of hydrogen-bond acceptors (Lipinski definition) is 1. The molecule has 0 bridgehead atoms. The van der Waals surface area contributed by atoms with Crippen LogP contribution in [-0.2, 0) is 6.42 Å². The molecule has 0 amide bonds. The number of likely N-dealkylation sites (N-methyl/N-ethyl adjacent to an activating group) is 1. The molecule has 1 nitrogen and oxygen atoms in total. The van der Waals surface area contributed by atoms with Crippen molar-refractivity contribution in [2.24, 2.45) is 0 Å². The van der Waals surface area contributed by atoms with Crippen molar-refractivity contribution >= 4 is 31.9 Å². The lowest BCUT2D eigenvalue weighted by Crippen LogP contribution is -2.19. The van der Waals surface area contributed by atoms with Gasteiger partial charge in [-0.25, -0.2) is 0 Å². The largest absolute Gasteiger partial charge is 0.313 e. The van der Waals surface area contributed by atoms with E-state index in [9.17, 15) is 0 Å². The van der Waals surface area contributed by atoms with E-state index in [0.717, 1.165) is 15.4 Å². The highest BCUT2D eigenvalue weighted by Crippen LogP contribution is 2.29. The standard InChI is InChI=1S/C17H19Br2N/c1-11-6-12(2)8-13(7-11)9-17(20-3)15-5-4-14(18)10-16(15)19/h4-8,10,17,20H,9H2,1-3H3. The van der Waals surface area contributed by atoms with Crippen LogP contribution < -0.4 is 5.32 Å². The second-order valence-corrected chi connectivity index (χ2v) is 6.98. The van der Waals surface area contributed by atoms with Gasteiger partial charge in [0.05, 0.1) is 0 Å². The number of benzene rings is 2. The summed E-state index contributed by atoms with van der Waals surface area (Å²) in [6.07, 6.45) is 0.985. The van der Waals surface area contributed by atoms with Gasteiger partial charge in [-0.15, -0.1) is 0 Å². The van der Waals surface area contributed by atoms with E-state index in [0.29, 0.717) is 6.04 Å². The van der Waals surface area contributed by atoms with E-state index in [1.54, 1.807) is 0 Å². The molecule has 0 heterocycles. The number of rotatable bonds is 4. The topological polar surface area (TPSA) is 12.0 Å². The molecule has 1 atom stereocenters. The molecule has 2 rings (SSSR count). The summed E-state index contributed by atoms with van der Waals surface area (Å²) in [5.41, 5.74) is 5.31. The maximum Gasteiger partial charge on any atom is 0.0369 e. The fourth-order valence-electron chi connectivity index (χ4n) is 2.57. The normalized spacial score (nSPS) is 12.4. The molecule has 0 saturated carbocycles. The molecule has 3 heteroatoms. The van der Waals surface area contributed by atoms with Crippen molar-refractivity contribution in [2.45, 2.75) is 26.3 Å². The molecule has 2 aromatic carbocycles. The van der Waals surface area contributed by atoms with E-state index in [4.69, 9.17) is 0 Å². The third-order valence-electron chi connectivity index (χ3n) is 3.41. The van der Waals surface area contributed by atoms with Crippen LogP contribution in [0, 0.1) is 13.8 Å². The predicted octanol–water partition coefficient (Wildman–Crippen LogP) is 5.33. The SMILES string of the molecule is CNC(Cc1cc(C)cc(C)c1)c1ccc(Br)cc1Br. The first-order valence-electron chi connectivity index (χ1n) is 6.69. The van der Waals surface area contributed by atoms with Gasteiger partial charge in [0, 0.05) is 15.0 Å². The fraction of sp³-hybridized carbons (Fsp3) is 0.294. The van der Waals surface area contributed by atoms with Gasteiger partial charge in [-0.3, -0.25) is 0 Å². The van der Waals surface area contributed by atoms with E-state index in [2.05, 4.69) is 87.4 Å². The van der Waals surface area contributed by atoms with Gasteiger partial charge in [0.2, 0.25) is 0 Å². The number of nitrogens with one attached hydrogen (secondary N) is 1. The fourth-order valence-corrected chi connectivity index (χ4v) is 3.90. The van der Waals surface area contributed by atoms with Crippen LogP contribution in [0.15, 0.2) is 45.3 Å². The Morgan fingerprint density at radius 2 is 1.65 bits per heavy atom. The molecule has 1 N–H and O–H groups in total. The van der Waals surface area contributed by atoms with E-state index < -0.39 is 0 Å². The summed E-state index contributed by atoms with van der Waals surface area (Å²) in [4.78, 5) is 0. The summed E-state index contributed by atoms with van der Waals surface area (Å²) < 4.78 is 2.23. The molecule has 0 aliphatic rings. The maximum atomic E-state index is 3.66. The average molecular weight is 397 g/mol. The first kappa shape index (κ1) is 15.7. The monoisotopic (exact) mass is 395 g/mol. The molecule has 20 heavy (non-hydrogen) atoms. The highest BCUT2D eigenvalue weighted by atomic mass is 79.9. The zero-order valence-corrected chi connectivity index (χ0v) is 15.2. The molecular weight excluding hydrogens is 378 g/mol. The smallest absolute Gasteiger partial charge is 0.0369 e. The molecule has 0 saturated heterocycles. The van der Waals surface area contributed by atoms with Crippen molar-refractivity contribution in [1.82, 2.24) is 5.32 Å². The molecule has 106 valence electrons. The van der Waals surface area contributed by atoms with Gasteiger partial charge in [-0.2, -0.15) is 0 Å². The highest BCUT2D eigenvalue weighted by molar-refractivity contribution is 9.11. The van der Waals surface area contributed by atoms with Crippen LogP contribution in [0.5, 0.6) is 0 Å². The van der Waals surface area contributed by atoms with Crippen LogP contribution in [0.1, 0.15) is 28.3 Å². The van der Waals surface area contributed by atoms with Crippen molar-refractivity contribution in [1.29, 1.82) is 0 Å². The molecule has 0 aliphatic heterocycles. The highest BCUT2D eigenvalue weighted by Gasteiger charge is 2.14. The Bertz CT molecular complexity index is 588. The van der Waals surface area contributed by atoms with Gasteiger partial charge in [0.15, 0.2) is 0 Å². The molecule has 0 aliphatic carbocycles. The maximum absolute atomic E-state index is 3.66. The summed E-state index contributed by atoms with van der Waals surface area (Å²) in [6, 6.07) is 13.4. The summed E-state index contributed by atoms with van der Waals surface area (Å²) in [6.45, 7) is 4.31. The first-order valence-corrected chi connectivity index (χ1v) is 8.27. The molecule has 0 radical (unpaired) electrons. The number of aryl methyl sites for hydroxylation is 2. The third kappa shape index (κ3) is 3.94. The summed E-state index contributed by atoms with van der Waals surface area (Å²) in [7, 11) is 2.02. The summed E-state index contributed by atoms with van der Waals surface area (Å²) >= 11 is 7.16. The van der Waals surface area contributed by atoms with Crippen molar-refractivity contribution in [2.75, 3.05) is 7.05 Å². The van der Waals surface area contributed by atoms with Crippen molar-refractivity contribution < 1.29 is 0 Å². The van der Waals surface area contributed by atoms with E-state index in [-0.39, 0.29) is 0 Å². The minimum Gasteiger partial charge on any atom is -0.313 e.